The lowest BCUT2D eigenvalue weighted by Gasteiger charge is -2.18. The third-order valence-corrected chi connectivity index (χ3v) is 4.34. The number of anilines is 1. The Morgan fingerprint density at radius 3 is 2.75 bits per heavy atom. The van der Waals surface area contributed by atoms with Crippen molar-refractivity contribution in [2.75, 3.05) is 4.90 Å². The summed E-state index contributed by atoms with van der Waals surface area (Å²) in [6.07, 6.45) is 3.93. The zero-order valence-electron chi connectivity index (χ0n) is 13.2. The third kappa shape index (κ3) is 2.48. The number of hydrogen-bond donors (Lipinski definition) is 0. The molecule has 24 heavy (non-hydrogen) atoms. The van der Waals surface area contributed by atoms with Crippen molar-refractivity contribution in [1.82, 2.24) is 9.78 Å². The quantitative estimate of drug-likeness (QED) is 0.742. The average Bonchev–Trinajstić information content (AvgIpc) is 3.13. The number of hydrogen-bond acceptors (Lipinski definition) is 2. The molecule has 0 bridgehead atoms. The Hall–Kier alpha value is -2.95. The molecule has 0 radical (unpaired) electrons. The van der Waals surface area contributed by atoms with Gasteiger partial charge in [-0.15, -0.1) is 0 Å². The normalized spacial score (nSPS) is 13.4. The van der Waals surface area contributed by atoms with Crippen LogP contribution in [0, 0.1) is 5.82 Å². The van der Waals surface area contributed by atoms with Crippen LogP contribution in [-0.4, -0.2) is 15.7 Å². The highest BCUT2D eigenvalue weighted by Gasteiger charge is 2.27. The lowest BCUT2D eigenvalue weighted by molar-refractivity contribution is -0.117. The molecule has 120 valence electrons. The molecular weight excluding hydrogens is 305 g/mol. The summed E-state index contributed by atoms with van der Waals surface area (Å²) in [7, 11) is 1.82. The number of rotatable bonds is 3. The second-order valence-corrected chi connectivity index (χ2v) is 5.99. The summed E-state index contributed by atoms with van der Waals surface area (Å²) >= 11 is 0. The van der Waals surface area contributed by atoms with E-state index in [0.717, 1.165) is 22.4 Å². The molecule has 0 fully saturated rings. The Morgan fingerprint density at radius 1 is 1.17 bits per heavy atom. The van der Waals surface area contributed by atoms with Crippen molar-refractivity contribution < 1.29 is 9.18 Å². The Morgan fingerprint density at radius 2 is 2.00 bits per heavy atom. The predicted molar refractivity (Wildman–Crippen MR) is 89.9 cm³/mol. The molecule has 3 aromatic rings. The van der Waals surface area contributed by atoms with E-state index in [1.807, 2.05) is 43.6 Å². The maximum atomic E-state index is 14.5. The standard InChI is InChI=1S/C19H16FN3O/c1-22-11-16(10-21-22)13-6-7-15(17(20)8-13)12-23-18-5-3-2-4-14(18)9-19(23)24/h2-8,10-11H,9,12H2,1H3. The van der Waals surface area contributed by atoms with Gasteiger partial charge in [0.05, 0.1) is 19.2 Å². The fraction of sp³-hybridized carbons (Fsp3) is 0.158. The van der Waals surface area contributed by atoms with Gasteiger partial charge in [0.2, 0.25) is 5.91 Å². The maximum Gasteiger partial charge on any atom is 0.231 e. The van der Waals surface area contributed by atoms with Gasteiger partial charge in [0.15, 0.2) is 0 Å². The van der Waals surface area contributed by atoms with Gasteiger partial charge < -0.3 is 4.90 Å². The number of fused-ring (bicyclic) bond motifs is 1. The van der Waals surface area contributed by atoms with E-state index in [0.29, 0.717) is 12.0 Å². The molecule has 0 N–H and O–H groups in total. The lowest BCUT2D eigenvalue weighted by atomic mass is 10.1. The molecule has 0 saturated carbocycles. The first-order chi connectivity index (χ1) is 11.6. The van der Waals surface area contributed by atoms with Crippen LogP contribution >= 0.6 is 0 Å². The van der Waals surface area contributed by atoms with Gasteiger partial charge in [-0.05, 0) is 23.3 Å². The number of carbonyl (C=O) groups excluding carboxylic acids is 1. The first kappa shape index (κ1) is 14.6. The Balaban J connectivity index is 1.63. The van der Waals surface area contributed by atoms with Crippen molar-refractivity contribution in [2.24, 2.45) is 7.05 Å². The van der Waals surface area contributed by atoms with E-state index in [4.69, 9.17) is 0 Å². The van der Waals surface area contributed by atoms with E-state index in [1.54, 1.807) is 21.8 Å². The number of carbonyl (C=O) groups is 1. The molecule has 2 aromatic carbocycles. The van der Waals surface area contributed by atoms with Gasteiger partial charge in [0, 0.05) is 30.1 Å². The van der Waals surface area contributed by atoms with E-state index in [9.17, 15) is 9.18 Å². The fourth-order valence-corrected chi connectivity index (χ4v) is 3.09. The van der Waals surface area contributed by atoms with Crippen LogP contribution in [0.5, 0.6) is 0 Å². The minimum atomic E-state index is -0.312. The predicted octanol–water partition coefficient (Wildman–Crippen LogP) is 3.32. The number of aromatic nitrogens is 2. The summed E-state index contributed by atoms with van der Waals surface area (Å²) in [5.74, 6) is -0.305. The lowest BCUT2D eigenvalue weighted by Crippen LogP contribution is -2.26. The summed E-state index contributed by atoms with van der Waals surface area (Å²) in [6, 6.07) is 12.8. The van der Waals surface area contributed by atoms with E-state index < -0.39 is 0 Å². The van der Waals surface area contributed by atoms with Gasteiger partial charge in [-0.1, -0.05) is 30.3 Å². The zero-order valence-corrected chi connectivity index (χ0v) is 13.2. The number of nitrogens with zero attached hydrogens (tertiary/aromatic N) is 3. The van der Waals surface area contributed by atoms with Crippen LogP contribution in [0.2, 0.25) is 0 Å². The van der Waals surface area contributed by atoms with Crippen molar-refractivity contribution in [2.45, 2.75) is 13.0 Å². The highest BCUT2D eigenvalue weighted by Crippen LogP contribution is 2.31. The van der Waals surface area contributed by atoms with Gasteiger partial charge in [0.1, 0.15) is 5.82 Å². The van der Waals surface area contributed by atoms with Gasteiger partial charge >= 0.3 is 0 Å². The van der Waals surface area contributed by atoms with Crippen molar-refractivity contribution >= 4 is 11.6 Å². The van der Waals surface area contributed by atoms with Crippen molar-refractivity contribution in [3.8, 4) is 11.1 Å². The topological polar surface area (TPSA) is 38.1 Å². The zero-order chi connectivity index (χ0) is 16.7. The summed E-state index contributed by atoms with van der Waals surface area (Å²) in [4.78, 5) is 13.9. The highest BCUT2D eigenvalue weighted by molar-refractivity contribution is 6.01. The molecule has 4 nitrogen and oxygen atoms in total. The smallest absolute Gasteiger partial charge is 0.231 e. The first-order valence-corrected chi connectivity index (χ1v) is 7.77. The maximum absolute atomic E-state index is 14.5. The van der Waals surface area contributed by atoms with Crippen LogP contribution in [0.4, 0.5) is 10.1 Å². The van der Waals surface area contributed by atoms with Crippen molar-refractivity contribution in [3.63, 3.8) is 0 Å². The summed E-state index contributed by atoms with van der Waals surface area (Å²) < 4.78 is 16.2. The van der Waals surface area contributed by atoms with Gasteiger partial charge in [0.25, 0.3) is 0 Å². The number of para-hydroxylation sites is 1. The monoisotopic (exact) mass is 321 g/mol. The fourth-order valence-electron chi connectivity index (χ4n) is 3.09. The largest absolute Gasteiger partial charge is 0.307 e. The SMILES string of the molecule is Cn1cc(-c2ccc(CN3C(=O)Cc4ccccc43)c(F)c2)cn1. The van der Waals surface area contributed by atoms with Crippen LogP contribution in [0.3, 0.4) is 0 Å². The highest BCUT2D eigenvalue weighted by atomic mass is 19.1. The van der Waals surface area contributed by atoms with Crippen LogP contribution < -0.4 is 4.90 Å². The van der Waals surface area contributed by atoms with Crippen LogP contribution in [0.25, 0.3) is 11.1 Å². The molecule has 1 aliphatic heterocycles. The Labute approximate surface area is 139 Å². The number of benzene rings is 2. The average molecular weight is 321 g/mol. The van der Waals surface area contributed by atoms with E-state index >= 15 is 0 Å². The number of amides is 1. The molecular formula is C19H16FN3O. The summed E-state index contributed by atoms with van der Waals surface area (Å²) in [5.41, 5.74) is 4.02. The summed E-state index contributed by atoms with van der Waals surface area (Å²) in [5, 5.41) is 4.10. The molecule has 0 aliphatic carbocycles. The minimum absolute atomic E-state index is 0.00642. The van der Waals surface area contributed by atoms with Crippen LogP contribution in [0.1, 0.15) is 11.1 Å². The molecule has 0 spiro atoms. The van der Waals surface area contributed by atoms with Crippen molar-refractivity contribution in [3.05, 3.63) is 71.8 Å². The van der Waals surface area contributed by atoms with E-state index in [2.05, 4.69) is 5.10 Å². The molecule has 4 rings (SSSR count). The molecule has 2 heterocycles. The Kier molecular flexibility index (Phi) is 3.41. The Bertz CT molecular complexity index is 932. The van der Waals surface area contributed by atoms with Gasteiger partial charge in [-0.3, -0.25) is 9.48 Å². The minimum Gasteiger partial charge on any atom is -0.307 e. The molecule has 0 unspecified atom stereocenters. The number of halogens is 1. The van der Waals surface area contributed by atoms with Gasteiger partial charge in [-0.2, -0.15) is 5.10 Å². The molecule has 1 aliphatic rings. The molecule has 0 saturated heterocycles. The van der Waals surface area contributed by atoms with E-state index in [-0.39, 0.29) is 18.3 Å². The third-order valence-electron chi connectivity index (χ3n) is 4.34. The number of aryl methyl sites for hydroxylation is 1. The van der Waals surface area contributed by atoms with Crippen molar-refractivity contribution in [1.29, 1.82) is 0 Å². The molecule has 1 aromatic heterocycles. The first-order valence-electron chi connectivity index (χ1n) is 7.77. The molecule has 1 amide bonds. The van der Waals surface area contributed by atoms with Crippen LogP contribution in [-0.2, 0) is 24.8 Å². The molecule has 0 atom stereocenters. The van der Waals surface area contributed by atoms with E-state index in [1.165, 1.54) is 6.07 Å². The van der Waals surface area contributed by atoms with Crippen LogP contribution in [0.15, 0.2) is 54.9 Å². The second kappa shape index (κ2) is 5.60. The second-order valence-electron chi connectivity index (χ2n) is 5.99. The van der Waals surface area contributed by atoms with Gasteiger partial charge in [-0.25, -0.2) is 4.39 Å². The molecule has 5 heteroatoms. The summed E-state index contributed by atoms with van der Waals surface area (Å²) in [6.45, 7) is 0.245.